The van der Waals surface area contributed by atoms with Crippen molar-refractivity contribution < 1.29 is 19.4 Å². The predicted molar refractivity (Wildman–Crippen MR) is 232 cm³/mol. The molecule has 4 aromatic rings. The summed E-state index contributed by atoms with van der Waals surface area (Å²) in [5, 5.41) is 14.2. The monoisotopic (exact) mass is 815 g/mol. The predicted octanol–water partition coefficient (Wildman–Crippen LogP) is 4.86. The van der Waals surface area contributed by atoms with Crippen LogP contribution in [0.1, 0.15) is 78.8 Å². The number of benzene rings is 1. The molecule has 316 valence electrons. The van der Waals surface area contributed by atoms with E-state index in [1.807, 2.05) is 17.0 Å². The number of carbonyl (C=O) groups excluding carboxylic acids is 2. The van der Waals surface area contributed by atoms with Gasteiger partial charge in [-0.2, -0.15) is 0 Å². The third kappa shape index (κ3) is 7.32. The number of rotatable bonds is 9. The fraction of sp³-hybridized carbons (Fsp3) is 0.500. The van der Waals surface area contributed by atoms with Gasteiger partial charge in [-0.05, 0) is 92.0 Å². The highest BCUT2D eigenvalue weighted by Crippen LogP contribution is 2.41. The normalized spacial score (nSPS) is 21.9. The van der Waals surface area contributed by atoms with Gasteiger partial charge in [0, 0.05) is 125 Å². The number of piperazine rings is 1. The summed E-state index contributed by atoms with van der Waals surface area (Å²) in [6, 6.07) is 10.9. The van der Waals surface area contributed by atoms with Crippen LogP contribution in [0.2, 0.25) is 0 Å². The summed E-state index contributed by atoms with van der Waals surface area (Å²) in [7, 11) is 1.68. The van der Waals surface area contributed by atoms with Gasteiger partial charge in [0.15, 0.2) is 5.82 Å². The molecule has 9 rings (SSSR count). The first-order valence-electron chi connectivity index (χ1n) is 21.5. The number of nitrogens with one attached hydrogen (secondary N) is 1. The molecule has 3 fully saturated rings. The minimum Gasteiger partial charge on any atom is -0.392 e. The number of likely N-dealkylation sites (tertiary alicyclic amines) is 1. The molecule has 0 saturated carbocycles. The van der Waals surface area contributed by atoms with Gasteiger partial charge in [-0.15, -0.1) is 0 Å². The van der Waals surface area contributed by atoms with Crippen molar-refractivity contribution in [3.05, 3.63) is 93.8 Å². The Morgan fingerprint density at radius 3 is 2.62 bits per heavy atom. The van der Waals surface area contributed by atoms with E-state index < -0.39 is 0 Å². The summed E-state index contributed by atoms with van der Waals surface area (Å²) < 4.78 is 9.29. The second kappa shape index (κ2) is 15.9. The number of fused-ring (bicyclic) bond motifs is 3. The van der Waals surface area contributed by atoms with E-state index in [4.69, 9.17) is 9.72 Å². The lowest BCUT2D eigenvalue weighted by atomic mass is 9.90. The largest absolute Gasteiger partial charge is 0.392 e. The maximum absolute atomic E-state index is 14.0. The average molecular weight is 816 g/mol. The fourth-order valence-corrected chi connectivity index (χ4v) is 10.5. The van der Waals surface area contributed by atoms with Gasteiger partial charge in [-0.3, -0.25) is 24.2 Å². The van der Waals surface area contributed by atoms with Gasteiger partial charge in [-0.1, -0.05) is 20.4 Å². The van der Waals surface area contributed by atoms with E-state index in [0.717, 1.165) is 76.2 Å². The first-order chi connectivity index (χ1) is 28.9. The Bertz CT molecular complexity index is 2400. The molecule has 1 aromatic carbocycles. The number of aliphatic hydroxyl groups excluding tert-OH is 1. The second-order valence-electron chi connectivity index (χ2n) is 18.1. The molecule has 0 radical (unpaired) electrons. The minimum absolute atomic E-state index is 0.0653. The zero-order valence-corrected chi connectivity index (χ0v) is 35.3. The minimum atomic E-state index is -0.374. The number of pyridine rings is 1. The van der Waals surface area contributed by atoms with E-state index in [9.17, 15) is 19.5 Å². The maximum Gasteiger partial charge on any atom is 0.293 e. The zero-order valence-electron chi connectivity index (χ0n) is 35.3. The second-order valence-corrected chi connectivity index (χ2v) is 18.1. The van der Waals surface area contributed by atoms with E-state index in [0.29, 0.717) is 66.2 Å². The summed E-state index contributed by atoms with van der Waals surface area (Å²) in [4.78, 5) is 58.6. The summed E-state index contributed by atoms with van der Waals surface area (Å²) in [5.74, 6) is 0.418. The van der Waals surface area contributed by atoms with Gasteiger partial charge >= 0.3 is 0 Å². The summed E-state index contributed by atoms with van der Waals surface area (Å²) >= 11 is 0. The van der Waals surface area contributed by atoms with E-state index >= 15 is 0 Å². The standard InChI is InChI=1S/C46H57N9O5/c1-6-41(57)52-14-10-30(26-52)35-22-32(7-8-38(35)53-16-15-51(25-29(53)2)33-11-19-60-20-12-33)48-42-45(59)50(5)27-37(49-42)34-9-13-47-43(36(34)28-56)55-18-17-54-39(44(55)58)21-31-23-46(3,4)24-40(31)54/h6-9,13,21-22,27,29-30,33,56H,1,10-12,14-20,23-26,28H2,2-5H3,(H,48,49)/t29-,30?/m0/s1. The van der Waals surface area contributed by atoms with Crippen molar-refractivity contribution in [2.24, 2.45) is 12.5 Å². The van der Waals surface area contributed by atoms with E-state index in [1.54, 1.807) is 30.4 Å². The van der Waals surface area contributed by atoms with Gasteiger partial charge in [0.1, 0.15) is 11.5 Å². The number of ether oxygens (including phenoxy) is 1. The molecular weight excluding hydrogens is 759 g/mol. The molecule has 0 spiro atoms. The van der Waals surface area contributed by atoms with Crippen LogP contribution in [0.3, 0.4) is 0 Å². The molecular formula is C46H57N9O5. The van der Waals surface area contributed by atoms with Crippen LogP contribution in [-0.2, 0) is 42.6 Å². The van der Waals surface area contributed by atoms with Gasteiger partial charge in [0.25, 0.3) is 11.5 Å². The Balaban J connectivity index is 1.01. The van der Waals surface area contributed by atoms with Gasteiger partial charge < -0.3 is 34.1 Å². The summed E-state index contributed by atoms with van der Waals surface area (Å²) in [6.07, 6.45) is 9.51. The highest BCUT2D eigenvalue weighted by Gasteiger charge is 2.38. The number of nitrogens with zero attached hydrogens (tertiary/aromatic N) is 8. The first kappa shape index (κ1) is 40.1. The van der Waals surface area contributed by atoms with Gasteiger partial charge in [0.05, 0.1) is 12.3 Å². The molecule has 2 atom stereocenters. The Labute approximate surface area is 351 Å². The maximum atomic E-state index is 14.0. The van der Waals surface area contributed by atoms with Crippen molar-refractivity contribution in [3.8, 4) is 11.3 Å². The molecule has 7 heterocycles. The molecule has 14 heteroatoms. The number of aromatic nitrogens is 4. The van der Waals surface area contributed by atoms with Crippen LogP contribution in [0.5, 0.6) is 0 Å². The molecule has 0 bridgehead atoms. The van der Waals surface area contributed by atoms with Crippen molar-refractivity contribution in [3.63, 3.8) is 0 Å². The van der Waals surface area contributed by atoms with Gasteiger partial charge in [0.2, 0.25) is 5.91 Å². The Hall–Kier alpha value is -5.31. The number of aliphatic hydroxyl groups is 1. The molecule has 1 aliphatic carbocycles. The van der Waals surface area contributed by atoms with Crippen LogP contribution in [0.15, 0.2) is 60.2 Å². The quantitative estimate of drug-likeness (QED) is 0.225. The lowest BCUT2D eigenvalue weighted by Gasteiger charge is -2.46. The molecule has 4 aliphatic heterocycles. The summed E-state index contributed by atoms with van der Waals surface area (Å²) in [5.41, 5.74) is 7.51. The molecule has 60 heavy (non-hydrogen) atoms. The third-order valence-electron chi connectivity index (χ3n) is 13.5. The van der Waals surface area contributed by atoms with Crippen LogP contribution in [0.25, 0.3) is 11.3 Å². The molecule has 2 N–H and O–H groups in total. The smallest absolute Gasteiger partial charge is 0.293 e. The number of carbonyl (C=O) groups is 2. The van der Waals surface area contributed by atoms with Crippen LogP contribution in [0, 0.1) is 5.41 Å². The topological polar surface area (TPSA) is 141 Å². The number of hydrogen-bond donors (Lipinski definition) is 2. The molecule has 3 aromatic heterocycles. The van der Waals surface area contributed by atoms with Crippen molar-refractivity contribution in [1.29, 1.82) is 0 Å². The number of anilines is 4. The SMILES string of the molecule is C=CC(=O)N1CCC(c2cc(Nc3nc(-c4ccnc(N5CCn6c(cc7c6CC(C)(C)C7)C5=O)c4CO)cn(C)c3=O)ccc2N2CCN(C3CCOCC3)C[C@@H]2C)C1. The van der Waals surface area contributed by atoms with E-state index in [-0.39, 0.29) is 47.2 Å². The van der Waals surface area contributed by atoms with Crippen molar-refractivity contribution >= 4 is 34.8 Å². The van der Waals surface area contributed by atoms with Crippen LogP contribution in [0.4, 0.5) is 23.0 Å². The van der Waals surface area contributed by atoms with Gasteiger partial charge in [-0.25, -0.2) is 9.97 Å². The van der Waals surface area contributed by atoms with Crippen molar-refractivity contribution in [1.82, 2.24) is 28.9 Å². The molecule has 14 nitrogen and oxygen atoms in total. The van der Waals surface area contributed by atoms with Crippen molar-refractivity contribution in [2.45, 2.75) is 84.0 Å². The van der Waals surface area contributed by atoms with E-state index in [2.05, 4.69) is 64.2 Å². The van der Waals surface area contributed by atoms with Crippen molar-refractivity contribution in [2.75, 3.05) is 67.6 Å². The van der Waals surface area contributed by atoms with Crippen LogP contribution in [-0.4, -0.2) is 110 Å². The number of hydrogen-bond acceptors (Lipinski definition) is 10. The highest BCUT2D eigenvalue weighted by molar-refractivity contribution is 6.06. The molecule has 5 aliphatic rings. The number of aryl methyl sites for hydroxylation is 1. The Morgan fingerprint density at radius 2 is 1.85 bits per heavy atom. The third-order valence-corrected chi connectivity index (χ3v) is 13.5. The molecule has 3 saturated heterocycles. The summed E-state index contributed by atoms with van der Waals surface area (Å²) in [6.45, 7) is 16.9. The van der Waals surface area contributed by atoms with Crippen LogP contribution < -0.4 is 20.7 Å². The number of amides is 2. The lowest BCUT2D eigenvalue weighted by molar-refractivity contribution is -0.125. The lowest BCUT2D eigenvalue weighted by Crippen LogP contribution is -2.56. The average Bonchev–Trinajstić information content (AvgIpc) is 3.96. The Kier molecular flexibility index (Phi) is 10.7. The molecule has 2 amide bonds. The fourth-order valence-electron chi connectivity index (χ4n) is 10.5. The first-order valence-corrected chi connectivity index (χ1v) is 21.5. The molecule has 1 unspecified atom stereocenters. The zero-order chi connectivity index (χ0) is 41.9. The highest BCUT2D eigenvalue weighted by atomic mass is 16.5. The van der Waals surface area contributed by atoms with Crippen LogP contribution >= 0.6 is 0 Å². The Morgan fingerprint density at radius 1 is 1.03 bits per heavy atom. The van der Waals surface area contributed by atoms with E-state index in [1.165, 1.54) is 21.9 Å².